The van der Waals surface area contributed by atoms with Gasteiger partial charge in [0.15, 0.2) is 34.6 Å². The second-order valence-electron chi connectivity index (χ2n) is 8.29. The largest absolute Gasteiger partial charge is 0.487 e. The van der Waals surface area contributed by atoms with Crippen molar-refractivity contribution in [1.82, 2.24) is 0 Å². The Balaban J connectivity index is 1.64. The molecule has 0 unspecified atom stereocenters. The van der Waals surface area contributed by atoms with Gasteiger partial charge in [-0.05, 0) is 49.2 Å². The normalized spacial score (nSPS) is 15.4. The van der Waals surface area contributed by atoms with Crippen molar-refractivity contribution in [2.45, 2.75) is 39.5 Å². The maximum atomic E-state index is 12.3. The maximum absolute atomic E-state index is 12.3. The molecular weight excluding hydrogens is 464 g/mol. The van der Waals surface area contributed by atoms with Crippen LogP contribution in [0.3, 0.4) is 0 Å². The Morgan fingerprint density at radius 3 is 1.28 bits per heavy atom. The fraction of sp³-hybridized carbons (Fsp3) is 0.500. The summed E-state index contributed by atoms with van der Waals surface area (Å²) in [7, 11) is 0. The van der Waals surface area contributed by atoms with E-state index in [4.69, 9.17) is 28.4 Å². The number of fused-ring (bicyclic) bond motifs is 2. The van der Waals surface area contributed by atoms with E-state index in [0.717, 1.165) is 12.8 Å². The van der Waals surface area contributed by atoms with Crippen molar-refractivity contribution in [1.29, 1.82) is 0 Å². The molecule has 2 aromatic rings. The number of hydrogen-bond donors (Lipinski definition) is 0. The Hall–Kier alpha value is -3.10. The van der Waals surface area contributed by atoms with Gasteiger partial charge in [0.1, 0.15) is 26.4 Å². The molecule has 1 aliphatic rings. The van der Waals surface area contributed by atoms with Crippen molar-refractivity contribution in [3.63, 3.8) is 0 Å². The van der Waals surface area contributed by atoms with Gasteiger partial charge in [-0.25, -0.2) is 0 Å². The predicted molar refractivity (Wildman–Crippen MR) is 135 cm³/mol. The summed E-state index contributed by atoms with van der Waals surface area (Å²) in [6.45, 7) is 6.53. The topological polar surface area (TPSA) is 89.5 Å². The molecule has 1 aliphatic heterocycles. The van der Waals surface area contributed by atoms with Crippen LogP contribution >= 0.6 is 0 Å². The van der Waals surface area contributed by atoms with Gasteiger partial charge in [-0.1, -0.05) is 13.8 Å². The highest BCUT2D eigenvalue weighted by atomic mass is 16.6. The highest BCUT2D eigenvalue weighted by molar-refractivity contribution is 5.97. The number of hydrogen-bond acceptors (Lipinski definition) is 8. The van der Waals surface area contributed by atoms with Gasteiger partial charge in [-0.15, -0.1) is 0 Å². The second-order valence-corrected chi connectivity index (χ2v) is 8.29. The number of carbonyl (C=O) groups is 2. The lowest BCUT2D eigenvalue weighted by atomic mass is 10.1. The minimum atomic E-state index is 0.0715. The molecule has 0 bridgehead atoms. The Kier molecular flexibility index (Phi) is 11.5. The van der Waals surface area contributed by atoms with E-state index in [0.29, 0.717) is 99.8 Å². The summed E-state index contributed by atoms with van der Waals surface area (Å²) in [4.78, 5) is 24.6. The first-order valence-electron chi connectivity index (χ1n) is 12.6. The van der Waals surface area contributed by atoms with Gasteiger partial charge >= 0.3 is 0 Å². The molecule has 0 fully saturated rings. The first-order chi connectivity index (χ1) is 17.6. The minimum absolute atomic E-state index is 0.0715. The molecule has 0 radical (unpaired) electrons. The summed E-state index contributed by atoms with van der Waals surface area (Å²) in [5.41, 5.74) is 1.20. The second kappa shape index (κ2) is 15.1. The van der Waals surface area contributed by atoms with Crippen LogP contribution in [0.2, 0.25) is 0 Å². The molecule has 0 aromatic heterocycles. The molecule has 0 N–H and O–H groups in total. The van der Waals surface area contributed by atoms with Crippen LogP contribution in [0.4, 0.5) is 0 Å². The quantitative estimate of drug-likeness (QED) is 0.517. The summed E-state index contributed by atoms with van der Waals surface area (Å²) in [5.74, 6) is 2.24. The summed E-state index contributed by atoms with van der Waals surface area (Å²) >= 11 is 0. The molecule has 0 amide bonds. The van der Waals surface area contributed by atoms with Crippen molar-refractivity contribution in [3.8, 4) is 23.0 Å². The van der Waals surface area contributed by atoms with Crippen molar-refractivity contribution in [2.75, 3.05) is 52.9 Å². The molecule has 0 spiro atoms. The molecular formula is C28H36O8. The highest BCUT2D eigenvalue weighted by Gasteiger charge is 2.14. The fourth-order valence-electron chi connectivity index (χ4n) is 3.62. The van der Waals surface area contributed by atoms with E-state index in [-0.39, 0.29) is 11.6 Å². The maximum Gasteiger partial charge on any atom is 0.163 e. The number of ether oxygens (including phenoxy) is 6. The fourth-order valence-corrected chi connectivity index (χ4v) is 3.62. The average Bonchev–Trinajstić information content (AvgIpc) is 2.88. The van der Waals surface area contributed by atoms with Crippen LogP contribution in [-0.4, -0.2) is 64.4 Å². The van der Waals surface area contributed by atoms with Crippen LogP contribution in [-0.2, 0) is 9.47 Å². The zero-order valence-corrected chi connectivity index (χ0v) is 21.2. The van der Waals surface area contributed by atoms with Crippen LogP contribution in [0.25, 0.3) is 0 Å². The molecule has 0 saturated carbocycles. The van der Waals surface area contributed by atoms with Crippen molar-refractivity contribution in [3.05, 3.63) is 47.5 Å². The molecule has 8 heteroatoms. The Bertz CT molecular complexity index is 908. The Morgan fingerprint density at radius 1 is 0.556 bits per heavy atom. The van der Waals surface area contributed by atoms with E-state index in [2.05, 4.69) is 0 Å². The lowest BCUT2D eigenvalue weighted by Gasteiger charge is -2.16. The number of carbonyl (C=O) groups excluding carboxylic acids is 2. The van der Waals surface area contributed by atoms with Crippen LogP contribution < -0.4 is 18.9 Å². The van der Waals surface area contributed by atoms with Gasteiger partial charge in [0.05, 0.1) is 26.4 Å². The van der Waals surface area contributed by atoms with E-state index >= 15 is 0 Å². The monoisotopic (exact) mass is 500 g/mol. The van der Waals surface area contributed by atoms with Gasteiger partial charge in [0, 0.05) is 24.0 Å². The third-order valence-electron chi connectivity index (χ3n) is 5.43. The summed E-state index contributed by atoms with van der Waals surface area (Å²) < 4.78 is 34.7. The molecule has 8 nitrogen and oxygen atoms in total. The molecule has 0 aliphatic carbocycles. The molecule has 3 rings (SSSR count). The first-order valence-corrected chi connectivity index (χ1v) is 12.6. The van der Waals surface area contributed by atoms with Gasteiger partial charge < -0.3 is 28.4 Å². The van der Waals surface area contributed by atoms with E-state index < -0.39 is 0 Å². The average molecular weight is 501 g/mol. The first kappa shape index (κ1) is 27.5. The highest BCUT2D eigenvalue weighted by Crippen LogP contribution is 2.30. The lowest BCUT2D eigenvalue weighted by molar-refractivity contribution is 0.0639. The molecule has 0 atom stereocenters. The van der Waals surface area contributed by atoms with Gasteiger partial charge in [-0.3, -0.25) is 9.59 Å². The van der Waals surface area contributed by atoms with Crippen LogP contribution in [0, 0.1) is 0 Å². The third-order valence-corrected chi connectivity index (χ3v) is 5.43. The zero-order chi connectivity index (χ0) is 25.6. The molecule has 0 saturated heterocycles. The summed E-state index contributed by atoms with van der Waals surface area (Å²) in [6, 6.07) is 10.5. The van der Waals surface area contributed by atoms with Crippen molar-refractivity contribution < 1.29 is 38.0 Å². The van der Waals surface area contributed by atoms with E-state index in [1.54, 1.807) is 36.4 Å². The number of ketones is 2. The smallest absolute Gasteiger partial charge is 0.163 e. The third kappa shape index (κ3) is 8.53. The molecule has 2 aromatic carbocycles. The lowest BCUT2D eigenvalue weighted by Crippen LogP contribution is -2.16. The van der Waals surface area contributed by atoms with Crippen LogP contribution in [0.5, 0.6) is 23.0 Å². The van der Waals surface area contributed by atoms with Crippen molar-refractivity contribution >= 4 is 11.6 Å². The summed E-state index contributed by atoms with van der Waals surface area (Å²) in [5, 5.41) is 0. The molecule has 1 heterocycles. The number of rotatable bonds is 6. The van der Waals surface area contributed by atoms with Crippen LogP contribution in [0.1, 0.15) is 60.2 Å². The Morgan fingerprint density at radius 2 is 0.917 bits per heavy atom. The summed E-state index contributed by atoms with van der Waals surface area (Å²) in [6.07, 6.45) is 2.54. The standard InChI is InChI=1S/C28H36O8/c1-3-5-23(29)21-7-9-25-27(19-21)35-17-13-31-12-16-34-26-10-8-22(24(30)6-4-2)20-28(26)36-18-14-32-11-15-33-25/h7-10,19-20H,3-6,11-18H2,1-2H3. The zero-order valence-electron chi connectivity index (χ0n) is 21.2. The van der Waals surface area contributed by atoms with Crippen molar-refractivity contribution in [2.24, 2.45) is 0 Å². The molecule has 196 valence electrons. The van der Waals surface area contributed by atoms with Crippen LogP contribution in [0.15, 0.2) is 36.4 Å². The molecule has 36 heavy (non-hydrogen) atoms. The van der Waals surface area contributed by atoms with Gasteiger partial charge in [0.25, 0.3) is 0 Å². The Labute approximate surface area is 212 Å². The van der Waals surface area contributed by atoms with E-state index in [1.165, 1.54) is 0 Å². The van der Waals surface area contributed by atoms with E-state index in [9.17, 15) is 9.59 Å². The van der Waals surface area contributed by atoms with Gasteiger partial charge in [-0.2, -0.15) is 0 Å². The van der Waals surface area contributed by atoms with E-state index in [1.807, 2.05) is 13.8 Å². The van der Waals surface area contributed by atoms with Gasteiger partial charge in [0.2, 0.25) is 0 Å². The number of Topliss-reactive ketones (excluding diaryl/α,β-unsaturated/α-hetero) is 2. The SMILES string of the molecule is CCCC(=O)c1ccc2c(c1)OCCOCCOc1ccc(C(=O)CCC)cc1OCCOCCO2. The predicted octanol–water partition coefficient (Wildman–Crippen LogP) is 4.91. The number of benzene rings is 2. The minimum Gasteiger partial charge on any atom is -0.487 e.